The number of fused-ring (bicyclic) bond motifs is 1. The lowest BCUT2D eigenvalue weighted by molar-refractivity contribution is -0.117. The molecular weight excluding hydrogens is 362 g/mol. The van der Waals surface area contributed by atoms with Crippen LogP contribution in [0.2, 0.25) is 10.0 Å². The lowest BCUT2D eigenvalue weighted by Gasteiger charge is -2.19. The third-order valence-corrected chi connectivity index (χ3v) is 5.34. The van der Waals surface area contributed by atoms with Crippen LogP contribution in [0.15, 0.2) is 30.3 Å². The molecule has 0 bridgehead atoms. The van der Waals surface area contributed by atoms with Gasteiger partial charge in [-0.05, 0) is 66.3 Å². The van der Waals surface area contributed by atoms with E-state index in [0.717, 1.165) is 24.1 Å². The molecule has 0 saturated heterocycles. The van der Waals surface area contributed by atoms with Crippen molar-refractivity contribution in [2.75, 3.05) is 11.9 Å². The topological polar surface area (TPSA) is 41.1 Å². The zero-order chi connectivity index (χ0) is 17.6. The van der Waals surface area contributed by atoms with E-state index in [0.29, 0.717) is 28.6 Å². The first kappa shape index (κ1) is 16.8. The van der Waals surface area contributed by atoms with Crippen LogP contribution in [0.5, 0.6) is 0 Å². The van der Waals surface area contributed by atoms with Gasteiger partial charge in [-0.2, -0.15) is 0 Å². The summed E-state index contributed by atoms with van der Waals surface area (Å²) in [5.74, 6) is -0.558. The number of hydrogen-bond acceptors (Lipinski definition) is 2. The Balaban J connectivity index is 1.48. The summed E-state index contributed by atoms with van der Waals surface area (Å²) in [5, 5.41) is 7.08. The molecule has 0 radical (unpaired) electrons. The van der Waals surface area contributed by atoms with Gasteiger partial charge in [0.2, 0.25) is 5.91 Å². The first-order chi connectivity index (χ1) is 12.0. The van der Waals surface area contributed by atoms with E-state index in [2.05, 4.69) is 10.6 Å². The van der Waals surface area contributed by atoms with Gasteiger partial charge >= 0.3 is 0 Å². The minimum absolute atomic E-state index is 0.0843. The predicted molar refractivity (Wildman–Crippen MR) is 97.8 cm³/mol. The molecule has 1 heterocycles. The van der Waals surface area contributed by atoms with Gasteiger partial charge < -0.3 is 10.6 Å². The summed E-state index contributed by atoms with van der Waals surface area (Å²) in [4.78, 5) is 12.5. The van der Waals surface area contributed by atoms with Gasteiger partial charge in [0.25, 0.3) is 0 Å². The molecule has 2 aliphatic rings. The van der Waals surface area contributed by atoms with E-state index in [4.69, 9.17) is 23.2 Å². The zero-order valence-electron chi connectivity index (χ0n) is 13.4. The van der Waals surface area contributed by atoms with Crippen molar-refractivity contribution in [3.8, 4) is 0 Å². The minimum atomic E-state index is -0.310. The number of amides is 1. The second-order valence-electron chi connectivity index (χ2n) is 6.63. The number of anilines is 1. The van der Waals surface area contributed by atoms with E-state index in [1.165, 1.54) is 0 Å². The monoisotopic (exact) mass is 378 g/mol. The van der Waals surface area contributed by atoms with Crippen molar-refractivity contribution in [1.82, 2.24) is 5.32 Å². The largest absolute Gasteiger partial charge is 0.323 e. The fraction of sp³-hybridized carbons (Fsp3) is 0.316. The van der Waals surface area contributed by atoms with Crippen LogP contribution in [-0.4, -0.2) is 12.5 Å². The normalized spacial score (nSPS) is 21.6. The lowest BCUT2D eigenvalue weighted by atomic mass is 9.99. The van der Waals surface area contributed by atoms with Gasteiger partial charge in [-0.15, -0.1) is 0 Å². The van der Waals surface area contributed by atoms with Gasteiger partial charge in [-0.25, -0.2) is 4.39 Å². The molecule has 130 valence electrons. The molecule has 2 aromatic rings. The highest BCUT2D eigenvalue weighted by molar-refractivity contribution is 6.34. The van der Waals surface area contributed by atoms with Crippen LogP contribution < -0.4 is 10.6 Å². The Morgan fingerprint density at radius 3 is 2.72 bits per heavy atom. The summed E-state index contributed by atoms with van der Waals surface area (Å²) in [6.07, 6.45) is 1.36. The molecule has 6 heteroatoms. The van der Waals surface area contributed by atoms with E-state index >= 15 is 0 Å². The number of carbonyl (C=O) groups excluding carboxylic acids is 1. The Morgan fingerprint density at radius 2 is 1.96 bits per heavy atom. The maximum absolute atomic E-state index is 14.6. The molecule has 2 atom stereocenters. The Hall–Kier alpha value is -1.62. The third-order valence-electron chi connectivity index (χ3n) is 4.91. The van der Waals surface area contributed by atoms with Gasteiger partial charge in [0.1, 0.15) is 5.82 Å². The van der Waals surface area contributed by atoms with Gasteiger partial charge in [0, 0.05) is 22.5 Å². The lowest BCUT2D eigenvalue weighted by Crippen LogP contribution is -2.25. The summed E-state index contributed by atoms with van der Waals surface area (Å²) in [5.41, 5.74) is 2.88. The van der Waals surface area contributed by atoms with Crippen molar-refractivity contribution in [2.24, 2.45) is 5.92 Å². The fourth-order valence-corrected chi connectivity index (χ4v) is 4.04. The predicted octanol–water partition coefficient (Wildman–Crippen LogP) is 4.52. The van der Waals surface area contributed by atoms with Crippen LogP contribution in [0.3, 0.4) is 0 Å². The van der Waals surface area contributed by atoms with E-state index in [9.17, 15) is 9.18 Å². The summed E-state index contributed by atoms with van der Waals surface area (Å²) < 4.78 is 14.6. The van der Waals surface area contributed by atoms with Crippen molar-refractivity contribution in [1.29, 1.82) is 0 Å². The molecule has 1 saturated carbocycles. The van der Waals surface area contributed by atoms with Gasteiger partial charge in [-0.3, -0.25) is 4.79 Å². The fourth-order valence-electron chi connectivity index (χ4n) is 3.50. The smallest absolute Gasteiger partial charge is 0.228 e. The van der Waals surface area contributed by atoms with Gasteiger partial charge in [-0.1, -0.05) is 29.3 Å². The maximum Gasteiger partial charge on any atom is 0.228 e. The Labute approximate surface area is 155 Å². The van der Waals surface area contributed by atoms with E-state index in [-0.39, 0.29) is 29.2 Å². The Kier molecular flexibility index (Phi) is 4.44. The van der Waals surface area contributed by atoms with Crippen LogP contribution in [0.4, 0.5) is 10.1 Å². The Morgan fingerprint density at radius 1 is 1.20 bits per heavy atom. The first-order valence-corrected chi connectivity index (χ1v) is 9.06. The second kappa shape index (κ2) is 6.60. The highest BCUT2D eigenvalue weighted by Crippen LogP contribution is 2.49. The van der Waals surface area contributed by atoms with Crippen molar-refractivity contribution < 1.29 is 9.18 Å². The van der Waals surface area contributed by atoms with Crippen LogP contribution in [0.1, 0.15) is 29.0 Å². The molecule has 0 spiro atoms. The van der Waals surface area contributed by atoms with Crippen molar-refractivity contribution in [3.63, 3.8) is 0 Å². The average molecular weight is 379 g/mol. The molecule has 1 aliphatic carbocycles. The van der Waals surface area contributed by atoms with Crippen LogP contribution in [0.25, 0.3) is 0 Å². The zero-order valence-corrected chi connectivity index (χ0v) is 14.9. The second-order valence-corrected chi connectivity index (χ2v) is 7.51. The minimum Gasteiger partial charge on any atom is -0.323 e. The average Bonchev–Trinajstić information content (AvgIpc) is 3.38. The molecule has 25 heavy (non-hydrogen) atoms. The van der Waals surface area contributed by atoms with Crippen molar-refractivity contribution in [3.05, 3.63) is 62.9 Å². The molecule has 1 amide bonds. The number of benzene rings is 2. The summed E-state index contributed by atoms with van der Waals surface area (Å²) >= 11 is 12.1. The number of hydrogen-bond donors (Lipinski definition) is 2. The summed E-state index contributed by atoms with van der Waals surface area (Å²) in [6.45, 7) is 1.42. The molecule has 2 aromatic carbocycles. The summed E-state index contributed by atoms with van der Waals surface area (Å²) in [6, 6.07) is 8.85. The molecule has 1 aliphatic heterocycles. The van der Waals surface area contributed by atoms with Crippen molar-refractivity contribution >= 4 is 34.8 Å². The number of halogens is 3. The summed E-state index contributed by atoms with van der Waals surface area (Å²) in [7, 11) is 0. The van der Waals surface area contributed by atoms with Gasteiger partial charge in [0.05, 0.1) is 5.69 Å². The quantitative estimate of drug-likeness (QED) is 0.823. The molecule has 4 rings (SSSR count). The van der Waals surface area contributed by atoms with Crippen LogP contribution in [-0.2, 0) is 17.8 Å². The molecule has 2 N–H and O–H groups in total. The van der Waals surface area contributed by atoms with E-state index < -0.39 is 0 Å². The number of nitrogens with one attached hydrogen (secondary N) is 2. The number of rotatable bonds is 3. The molecule has 3 nitrogen and oxygen atoms in total. The first-order valence-electron chi connectivity index (χ1n) is 8.31. The Bertz CT molecular complexity index is 835. The SMILES string of the molecule is O=C(Nc1ccc2c(c1F)CCNC2)C1CC1c1cc(Cl)cc(Cl)c1. The molecule has 0 aromatic heterocycles. The highest BCUT2D eigenvalue weighted by Gasteiger charge is 2.44. The van der Waals surface area contributed by atoms with Crippen molar-refractivity contribution in [2.45, 2.75) is 25.3 Å². The maximum atomic E-state index is 14.6. The van der Waals surface area contributed by atoms with E-state index in [1.807, 2.05) is 18.2 Å². The molecule has 1 fully saturated rings. The highest BCUT2D eigenvalue weighted by atomic mass is 35.5. The van der Waals surface area contributed by atoms with Crippen LogP contribution >= 0.6 is 23.2 Å². The molecular formula is C19H17Cl2FN2O. The standard InChI is InChI=1S/C19H17Cl2FN2O/c20-12-5-11(6-13(21)7-12)15-8-16(15)19(25)24-17-2-1-10-9-23-4-3-14(10)18(17)22/h1-2,5-7,15-16,23H,3-4,8-9H2,(H,24,25). The number of carbonyl (C=O) groups is 1. The van der Waals surface area contributed by atoms with Crippen LogP contribution in [0, 0.1) is 11.7 Å². The van der Waals surface area contributed by atoms with Gasteiger partial charge in [0.15, 0.2) is 0 Å². The third kappa shape index (κ3) is 3.39. The van der Waals surface area contributed by atoms with E-state index in [1.54, 1.807) is 12.1 Å². The molecule has 2 unspecified atom stereocenters.